The summed E-state index contributed by atoms with van der Waals surface area (Å²) in [5, 5.41) is 15.1. The Hall–Kier alpha value is -3.15. The molecule has 1 N–H and O–H groups in total. The fraction of sp³-hybridized carbons (Fsp3) is 0.391. The molecule has 2 aromatic carbocycles. The zero-order valence-electron chi connectivity index (χ0n) is 17.9. The van der Waals surface area contributed by atoms with Gasteiger partial charge in [-0.2, -0.15) is 5.10 Å². The van der Waals surface area contributed by atoms with E-state index in [1.54, 1.807) is 0 Å². The van der Waals surface area contributed by atoms with Crippen molar-refractivity contribution in [3.05, 3.63) is 77.9 Å². The molecule has 5 nitrogen and oxygen atoms in total. The van der Waals surface area contributed by atoms with Crippen LogP contribution in [-0.4, -0.2) is 32.2 Å². The number of aromatic nitrogens is 3. The summed E-state index contributed by atoms with van der Waals surface area (Å²) < 4.78 is 102. The molecule has 0 saturated heterocycles. The second-order valence-corrected chi connectivity index (χ2v) is 9.32. The fourth-order valence-corrected chi connectivity index (χ4v) is 5.60. The van der Waals surface area contributed by atoms with E-state index in [0.29, 0.717) is 11.6 Å². The third kappa shape index (κ3) is 3.57. The standard InChI is InChI=1S/C23H18F7N3O2/c24-15-3-6-17(18(25)7-15)21(34,11-33-13-31-12-32-33)22(26,27)20-8-19(9-20,10-20)14-1-4-16(5-2-14)35-23(28,29)30/h1-7,12-13,34H,8-11H2/t19?,20?,21-/m0/s1. The summed E-state index contributed by atoms with van der Waals surface area (Å²) in [6, 6.07) is 7.01. The van der Waals surface area contributed by atoms with Crippen molar-refractivity contribution in [1.29, 1.82) is 0 Å². The zero-order chi connectivity index (χ0) is 25.3. The van der Waals surface area contributed by atoms with Gasteiger partial charge in [0.1, 0.15) is 30.0 Å². The van der Waals surface area contributed by atoms with Crippen molar-refractivity contribution in [3.63, 3.8) is 0 Å². The van der Waals surface area contributed by atoms with Gasteiger partial charge in [0.05, 0.1) is 6.54 Å². The minimum absolute atomic E-state index is 0.0744. The fourth-order valence-electron chi connectivity index (χ4n) is 5.60. The van der Waals surface area contributed by atoms with Gasteiger partial charge in [0.2, 0.25) is 0 Å². The van der Waals surface area contributed by atoms with Gasteiger partial charge in [0.25, 0.3) is 5.92 Å². The third-order valence-corrected chi connectivity index (χ3v) is 7.15. The molecule has 12 heteroatoms. The zero-order valence-corrected chi connectivity index (χ0v) is 17.9. The van der Waals surface area contributed by atoms with E-state index < -0.39 is 58.2 Å². The summed E-state index contributed by atoms with van der Waals surface area (Å²) in [5.41, 5.74) is -5.67. The van der Waals surface area contributed by atoms with E-state index in [-0.39, 0.29) is 19.3 Å². The Kier molecular flexibility index (Phi) is 5.00. The van der Waals surface area contributed by atoms with E-state index in [9.17, 15) is 27.1 Å². The summed E-state index contributed by atoms with van der Waals surface area (Å²) in [6.45, 7) is -0.833. The number of nitrogens with zero attached hydrogens (tertiary/aromatic N) is 3. The van der Waals surface area contributed by atoms with Gasteiger partial charge in [-0.15, -0.1) is 13.2 Å². The van der Waals surface area contributed by atoms with Crippen molar-refractivity contribution < 1.29 is 40.6 Å². The third-order valence-electron chi connectivity index (χ3n) is 7.15. The number of benzene rings is 2. The molecule has 1 atom stereocenters. The van der Waals surface area contributed by atoms with Gasteiger partial charge in [0, 0.05) is 17.0 Å². The number of halogens is 7. The maximum atomic E-state index is 16.1. The second kappa shape index (κ2) is 7.42. The Morgan fingerprint density at radius 2 is 1.63 bits per heavy atom. The number of rotatable bonds is 7. The highest BCUT2D eigenvalue weighted by atomic mass is 19.4. The van der Waals surface area contributed by atoms with Crippen LogP contribution in [0.1, 0.15) is 30.4 Å². The van der Waals surface area contributed by atoms with Crippen molar-refractivity contribution in [2.75, 3.05) is 0 Å². The maximum absolute atomic E-state index is 16.1. The predicted octanol–water partition coefficient (Wildman–Crippen LogP) is 5.10. The van der Waals surface area contributed by atoms with Crippen molar-refractivity contribution in [2.45, 2.75) is 49.1 Å². The SMILES string of the molecule is O[C@@](Cn1cncn1)(c1ccc(F)cc1F)C(F)(F)C12CC(c3ccc(OC(F)(F)F)cc3)(C1)C2. The minimum atomic E-state index is -4.85. The summed E-state index contributed by atoms with van der Waals surface area (Å²) in [5.74, 6) is -6.61. The lowest BCUT2D eigenvalue weighted by Gasteiger charge is -2.74. The maximum Gasteiger partial charge on any atom is 0.573 e. The molecule has 2 bridgehead atoms. The first-order valence-electron chi connectivity index (χ1n) is 10.5. The molecule has 3 fully saturated rings. The highest BCUT2D eigenvalue weighted by Gasteiger charge is 2.82. The number of aliphatic hydroxyl groups is 1. The lowest BCUT2D eigenvalue weighted by molar-refractivity contribution is -0.347. The van der Waals surface area contributed by atoms with Gasteiger partial charge in [0.15, 0.2) is 5.60 Å². The van der Waals surface area contributed by atoms with E-state index in [2.05, 4.69) is 14.8 Å². The molecule has 0 spiro atoms. The van der Waals surface area contributed by atoms with Crippen LogP contribution in [0, 0.1) is 17.0 Å². The molecule has 1 aromatic heterocycles. The van der Waals surface area contributed by atoms with Gasteiger partial charge >= 0.3 is 6.36 Å². The van der Waals surface area contributed by atoms with E-state index in [1.165, 1.54) is 12.1 Å². The first kappa shape index (κ1) is 23.6. The molecule has 6 rings (SSSR count). The van der Waals surface area contributed by atoms with E-state index >= 15 is 8.78 Å². The lowest BCUT2D eigenvalue weighted by Crippen LogP contribution is -2.76. The van der Waals surface area contributed by atoms with Crippen LogP contribution in [0.15, 0.2) is 55.1 Å². The molecule has 0 amide bonds. The Morgan fingerprint density at radius 3 is 2.17 bits per heavy atom. The molecule has 3 saturated carbocycles. The van der Waals surface area contributed by atoms with Gasteiger partial charge in [-0.3, -0.25) is 0 Å². The monoisotopic (exact) mass is 501 g/mol. The van der Waals surface area contributed by atoms with Gasteiger partial charge in [-0.1, -0.05) is 12.1 Å². The normalized spacial score (nSPS) is 25.4. The smallest absolute Gasteiger partial charge is 0.406 e. The highest BCUT2D eigenvalue weighted by molar-refractivity contribution is 5.44. The number of ether oxygens (including phenoxy) is 1. The number of hydrogen-bond acceptors (Lipinski definition) is 4. The topological polar surface area (TPSA) is 60.2 Å². The first-order valence-corrected chi connectivity index (χ1v) is 10.5. The number of alkyl halides is 5. The number of hydrogen-bond donors (Lipinski definition) is 1. The first-order chi connectivity index (χ1) is 16.3. The van der Waals surface area contributed by atoms with E-state index in [0.717, 1.165) is 41.6 Å². The van der Waals surface area contributed by atoms with Crippen LogP contribution in [0.4, 0.5) is 30.7 Å². The van der Waals surface area contributed by atoms with Gasteiger partial charge in [-0.25, -0.2) is 27.2 Å². The van der Waals surface area contributed by atoms with Crippen LogP contribution < -0.4 is 4.74 Å². The molecule has 0 aliphatic heterocycles. The van der Waals surface area contributed by atoms with Crippen LogP contribution in [0.3, 0.4) is 0 Å². The molecule has 3 aromatic rings. The van der Waals surface area contributed by atoms with Crippen molar-refractivity contribution in [1.82, 2.24) is 14.8 Å². The second-order valence-electron chi connectivity index (χ2n) is 9.32. The molecule has 0 unspecified atom stereocenters. The van der Waals surface area contributed by atoms with Crippen molar-refractivity contribution in [2.24, 2.45) is 5.41 Å². The van der Waals surface area contributed by atoms with Crippen molar-refractivity contribution >= 4 is 0 Å². The van der Waals surface area contributed by atoms with Gasteiger partial charge < -0.3 is 9.84 Å². The molecule has 1 heterocycles. The Labute approximate surface area is 194 Å². The van der Waals surface area contributed by atoms with Crippen LogP contribution in [0.25, 0.3) is 0 Å². The molecule has 186 valence electrons. The Morgan fingerprint density at radius 1 is 0.971 bits per heavy atom. The molecule has 3 aliphatic carbocycles. The summed E-state index contributed by atoms with van der Waals surface area (Å²) in [7, 11) is 0. The average molecular weight is 501 g/mol. The summed E-state index contributed by atoms with van der Waals surface area (Å²) >= 11 is 0. The van der Waals surface area contributed by atoms with Crippen molar-refractivity contribution in [3.8, 4) is 5.75 Å². The summed E-state index contributed by atoms with van der Waals surface area (Å²) in [6.07, 6.45) is -2.91. The molecule has 0 radical (unpaired) electrons. The highest BCUT2D eigenvalue weighted by Crippen LogP contribution is 2.80. The van der Waals surface area contributed by atoms with Gasteiger partial charge in [-0.05, 0) is 54.5 Å². The lowest BCUT2D eigenvalue weighted by atomic mass is 9.30. The molecular formula is C23H18F7N3O2. The van der Waals surface area contributed by atoms with Crippen LogP contribution in [0.2, 0.25) is 0 Å². The van der Waals surface area contributed by atoms with Crippen LogP contribution >= 0.6 is 0 Å². The largest absolute Gasteiger partial charge is 0.573 e. The van der Waals surface area contributed by atoms with E-state index in [4.69, 9.17) is 0 Å². The molecule has 35 heavy (non-hydrogen) atoms. The minimum Gasteiger partial charge on any atom is -0.406 e. The van der Waals surface area contributed by atoms with Crippen LogP contribution in [0.5, 0.6) is 5.75 Å². The van der Waals surface area contributed by atoms with E-state index in [1.807, 2.05) is 0 Å². The Balaban J connectivity index is 1.43. The quantitative estimate of drug-likeness (QED) is 0.458. The predicted molar refractivity (Wildman–Crippen MR) is 106 cm³/mol. The molecular weight excluding hydrogens is 483 g/mol. The summed E-state index contributed by atoms with van der Waals surface area (Å²) in [4.78, 5) is 3.67. The van der Waals surface area contributed by atoms with Crippen LogP contribution in [-0.2, 0) is 17.6 Å². The Bertz CT molecular complexity index is 1230. The molecule has 3 aliphatic rings. The average Bonchev–Trinajstić information content (AvgIpc) is 3.18.